The van der Waals surface area contributed by atoms with Gasteiger partial charge in [0.05, 0.1) is 34.4 Å². The molecule has 0 aromatic rings. The van der Waals surface area contributed by atoms with Gasteiger partial charge in [-0.1, -0.05) is 182 Å². The lowest BCUT2D eigenvalue weighted by atomic mass is 10.1. The van der Waals surface area contributed by atoms with E-state index < -0.39 is 13.9 Å². The molecule has 0 saturated carbocycles. The highest BCUT2D eigenvalue weighted by Crippen LogP contribution is 2.38. The van der Waals surface area contributed by atoms with Crippen molar-refractivity contribution in [2.24, 2.45) is 0 Å². The summed E-state index contributed by atoms with van der Waals surface area (Å²) in [5, 5.41) is 0. The number of allylic oxidation sites excluding steroid dienone is 16. The Bertz CT molecular complexity index is 1320. The summed E-state index contributed by atoms with van der Waals surface area (Å²) in [5.41, 5.74) is 0. The number of nitrogens with zero attached hydrogens (tertiary/aromatic N) is 1. The highest BCUT2D eigenvalue weighted by Gasteiger charge is 2.20. The number of esters is 1. The summed E-state index contributed by atoms with van der Waals surface area (Å²) >= 11 is 0. The molecule has 0 rings (SSSR count). The lowest BCUT2D eigenvalue weighted by molar-refractivity contribution is -0.870. The fourth-order valence-corrected chi connectivity index (χ4v) is 7.08. The fraction of sp³-hybridized carbons (Fsp3) is 0.685. The van der Waals surface area contributed by atoms with Crippen LogP contribution in [0, 0.1) is 0 Å². The predicted molar refractivity (Wildman–Crippen MR) is 268 cm³/mol. The third kappa shape index (κ3) is 50.3. The van der Waals surface area contributed by atoms with E-state index in [-0.39, 0.29) is 25.8 Å². The molecule has 0 bridgehead atoms. The van der Waals surface area contributed by atoms with Gasteiger partial charge in [-0.25, -0.2) is 0 Å². The molecule has 0 aliphatic carbocycles. The number of rotatable bonds is 45. The number of unbranched alkanes of at least 4 members (excludes halogenated alkanes) is 15. The van der Waals surface area contributed by atoms with Gasteiger partial charge < -0.3 is 27.9 Å². The maximum atomic E-state index is 12.7. The van der Waals surface area contributed by atoms with Gasteiger partial charge in [0.25, 0.3) is 7.82 Å². The van der Waals surface area contributed by atoms with Crippen LogP contribution in [0.4, 0.5) is 0 Å². The minimum atomic E-state index is -4.54. The summed E-state index contributed by atoms with van der Waals surface area (Å²) in [4.78, 5) is 25.2. The van der Waals surface area contributed by atoms with E-state index in [1.165, 1.54) is 57.8 Å². The first kappa shape index (κ1) is 60.4. The van der Waals surface area contributed by atoms with Gasteiger partial charge in [0, 0.05) is 13.0 Å². The molecule has 0 N–H and O–H groups in total. The number of hydrogen-bond donors (Lipinski definition) is 0. The molecule has 0 fully saturated rings. The van der Waals surface area contributed by atoms with Gasteiger partial charge in [-0.05, 0) is 89.9 Å². The molecule has 63 heavy (non-hydrogen) atoms. The molecule has 8 nitrogen and oxygen atoms in total. The van der Waals surface area contributed by atoms with Crippen molar-refractivity contribution in [2.75, 3.05) is 54.1 Å². The highest BCUT2D eigenvalue weighted by molar-refractivity contribution is 7.45. The number of carbonyl (C=O) groups excluding carboxylic acids is 1. The third-order valence-corrected chi connectivity index (χ3v) is 11.1. The van der Waals surface area contributed by atoms with E-state index in [0.717, 1.165) is 103 Å². The standard InChI is InChI=1S/C54H94NO7P/c1-6-8-10-12-14-16-18-20-22-24-26-27-28-29-30-31-33-35-37-39-41-43-45-47-54(56)62-53(52-61-63(57,58)60-50-48-55(3,4)5)51-59-49-46-44-42-40-38-36-34-32-25-23-21-19-17-15-13-11-9-7-2/h8-11,14-17,20-23,26-27,29-30,53H,6-7,12-13,18-19,24-25,28,31-52H2,1-5H3/b10-8-,11-9-,16-14-,17-15-,22-20-,23-21-,27-26-,30-29-. The van der Waals surface area contributed by atoms with E-state index in [4.69, 9.17) is 18.5 Å². The van der Waals surface area contributed by atoms with Crippen LogP contribution in [-0.4, -0.2) is 70.7 Å². The molecule has 0 heterocycles. The van der Waals surface area contributed by atoms with E-state index in [1.807, 2.05) is 21.1 Å². The lowest BCUT2D eigenvalue weighted by Gasteiger charge is -2.28. The van der Waals surface area contributed by atoms with E-state index >= 15 is 0 Å². The Labute approximate surface area is 387 Å². The number of hydrogen-bond acceptors (Lipinski definition) is 7. The summed E-state index contributed by atoms with van der Waals surface area (Å²) in [6, 6.07) is 0. The van der Waals surface area contributed by atoms with Crippen LogP contribution in [-0.2, 0) is 27.9 Å². The summed E-state index contributed by atoms with van der Waals surface area (Å²) < 4.78 is 34.7. The predicted octanol–water partition coefficient (Wildman–Crippen LogP) is 14.8. The monoisotopic (exact) mass is 900 g/mol. The molecule has 9 heteroatoms. The molecule has 0 spiro atoms. The van der Waals surface area contributed by atoms with Gasteiger partial charge in [-0.3, -0.25) is 9.36 Å². The van der Waals surface area contributed by atoms with Crippen LogP contribution in [0.25, 0.3) is 0 Å². The third-order valence-electron chi connectivity index (χ3n) is 10.1. The molecule has 0 aromatic heterocycles. The summed E-state index contributed by atoms with van der Waals surface area (Å²) in [5.74, 6) is -0.352. The van der Waals surface area contributed by atoms with Gasteiger partial charge in [-0.15, -0.1) is 0 Å². The van der Waals surface area contributed by atoms with E-state index in [1.54, 1.807) is 0 Å². The van der Waals surface area contributed by atoms with Crippen LogP contribution in [0.15, 0.2) is 97.2 Å². The van der Waals surface area contributed by atoms with Crippen LogP contribution in [0.1, 0.15) is 181 Å². The van der Waals surface area contributed by atoms with Crippen molar-refractivity contribution >= 4 is 13.8 Å². The minimum Gasteiger partial charge on any atom is -0.756 e. The maximum absolute atomic E-state index is 12.7. The molecule has 0 amide bonds. The van der Waals surface area contributed by atoms with Crippen LogP contribution in [0.3, 0.4) is 0 Å². The first-order chi connectivity index (χ1) is 30.6. The zero-order valence-corrected chi connectivity index (χ0v) is 41.9. The van der Waals surface area contributed by atoms with Gasteiger partial charge in [0.1, 0.15) is 19.3 Å². The number of carbonyl (C=O) groups is 1. The molecule has 2 atom stereocenters. The normalized spacial score (nSPS) is 14.4. The van der Waals surface area contributed by atoms with Gasteiger partial charge >= 0.3 is 5.97 Å². The van der Waals surface area contributed by atoms with Crippen molar-refractivity contribution in [3.05, 3.63) is 97.2 Å². The summed E-state index contributed by atoms with van der Waals surface area (Å²) in [6.45, 7) is 5.14. The quantitative estimate of drug-likeness (QED) is 0.0197. The fourth-order valence-electron chi connectivity index (χ4n) is 6.35. The average molecular weight is 900 g/mol. The lowest BCUT2D eigenvalue weighted by Crippen LogP contribution is -2.37. The average Bonchev–Trinajstić information content (AvgIpc) is 3.24. The summed E-state index contributed by atoms with van der Waals surface area (Å²) in [7, 11) is 1.33. The second kappa shape index (κ2) is 46.0. The SMILES string of the molecule is CC/C=C\C/C=C\C/C=C\C/C=C\C/C=C\CCCCCCCCCC(=O)OC(COCCCCCCCCCC/C=C\C/C=C\C/C=C\CC)COP(=O)([O-])OCC[N+](C)(C)C. The summed E-state index contributed by atoms with van der Waals surface area (Å²) in [6.07, 6.45) is 62.8. The molecule has 0 aromatic carbocycles. The van der Waals surface area contributed by atoms with Crippen molar-refractivity contribution in [3.8, 4) is 0 Å². The van der Waals surface area contributed by atoms with Crippen molar-refractivity contribution in [1.82, 2.24) is 0 Å². The number of quaternary nitrogens is 1. The Balaban J connectivity index is 4.22. The van der Waals surface area contributed by atoms with Crippen LogP contribution >= 0.6 is 7.82 Å². The van der Waals surface area contributed by atoms with Crippen molar-refractivity contribution < 1.29 is 37.3 Å². The Morgan fingerprint density at radius 2 is 0.873 bits per heavy atom. The molecular weight excluding hydrogens is 806 g/mol. The van der Waals surface area contributed by atoms with Gasteiger partial charge in [-0.2, -0.15) is 0 Å². The minimum absolute atomic E-state index is 0.0166. The van der Waals surface area contributed by atoms with Gasteiger partial charge in [0.15, 0.2) is 0 Å². The number of likely N-dealkylation sites (N-methyl/N-ethyl adjacent to an activating group) is 1. The Morgan fingerprint density at radius 1 is 0.492 bits per heavy atom. The molecule has 0 saturated heterocycles. The van der Waals surface area contributed by atoms with E-state index in [9.17, 15) is 14.3 Å². The maximum Gasteiger partial charge on any atom is 0.306 e. The molecule has 0 aliphatic heterocycles. The highest BCUT2D eigenvalue weighted by atomic mass is 31.2. The molecule has 0 radical (unpaired) electrons. The Hall–Kier alpha value is -2.58. The van der Waals surface area contributed by atoms with Crippen molar-refractivity contribution in [3.63, 3.8) is 0 Å². The zero-order valence-electron chi connectivity index (χ0n) is 41.0. The molecule has 0 aliphatic rings. The smallest absolute Gasteiger partial charge is 0.306 e. The topological polar surface area (TPSA) is 94.1 Å². The Morgan fingerprint density at radius 3 is 1.30 bits per heavy atom. The van der Waals surface area contributed by atoms with Crippen LogP contribution in [0.2, 0.25) is 0 Å². The first-order valence-corrected chi connectivity index (χ1v) is 26.4. The van der Waals surface area contributed by atoms with Gasteiger partial charge in [0.2, 0.25) is 0 Å². The van der Waals surface area contributed by atoms with E-state index in [0.29, 0.717) is 24.1 Å². The second-order valence-corrected chi connectivity index (χ2v) is 18.8. The molecule has 2 unspecified atom stereocenters. The zero-order chi connectivity index (χ0) is 46.2. The Kier molecular flexibility index (Phi) is 44.1. The van der Waals surface area contributed by atoms with Crippen molar-refractivity contribution in [1.29, 1.82) is 0 Å². The van der Waals surface area contributed by atoms with E-state index in [2.05, 4.69) is 111 Å². The first-order valence-electron chi connectivity index (χ1n) is 25.0. The second-order valence-electron chi connectivity index (χ2n) is 17.4. The molecule has 362 valence electrons. The van der Waals surface area contributed by atoms with Crippen LogP contribution in [0.5, 0.6) is 0 Å². The largest absolute Gasteiger partial charge is 0.756 e. The molecular formula is C54H94NO7P. The number of phosphoric ester groups is 1. The number of phosphoric acid groups is 1. The van der Waals surface area contributed by atoms with Crippen LogP contribution < -0.4 is 4.89 Å². The number of ether oxygens (including phenoxy) is 2. The van der Waals surface area contributed by atoms with Crippen molar-refractivity contribution in [2.45, 2.75) is 187 Å².